The summed E-state index contributed by atoms with van der Waals surface area (Å²) in [5, 5.41) is 28.8. The fraction of sp³-hybridized carbons (Fsp3) is 0.312. The second kappa shape index (κ2) is 7.66. The van der Waals surface area contributed by atoms with Crippen molar-refractivity contribution in [2.24, 2.45) is 10.7 Å². The highest BCUT2D eigenvalue weighted by molar-refractivity contribution is 7.50. The van der Waals surface area contributed by atoms with Gasteiger partial charge in [-0.05, 0) is 37.0 Å². The summed E-state index contributed by atoms with van der Waals surface area (Å²) in [6, 6.07) is 6.94. The molecule has 1 aliphatic carbocycles. The lowest BCUT2D eigenvalue weighted by molar-refractivity contribution is 0.339. The van der Waals surface area contributed by atoms with Crippen molar-refractivity contribution < 1.29 is 29.7 Å². The molecule has 2 rings (SSSR count). The molecule has 0 fully saturated rings. The zero-order chi connectivity index (χ0) is 17.7. The SMILES string of the molecule is O=P(O)(O)N=C1C=C(O)C=C(O)C1CCCCc1cccc(O)c1. The van der Waals surface area contributed by atoms with E-state index in [1.54, 1.807) is 18.2 Å². The Labute approximate surface area is 139 Å². The van der Waals surface area contributed by atoms with E-state index in [0.29, 0.717) is 12.8 Å². The van der Waals surface area contributed by atoms with Gasteiger partial charge in [-0.3, -0.25) is 0 Å². The molecule has 24 heavy (non-hydrogen) atoms. The zero-order valence-electron chi connectivity index (χ0n) is 12.9. The molecule has 1 atom stereocenters. The summed E-state index contributed by atoms with van der Waals surface area (Å²) in [7, 11) is -4.65. The zero-order valence-corrected chi connectivity index (χ0v) is 13.8. The van der Waals surface area contributed by atoms with Crippen LogP contribution in [0.25, 0.3) is 0 Å². The molecule has 0 saturated heterocycles. The lowest BCUT2D eigenvalue weighted by Crippen LogP contribution is -2.19. The van der Waals surface area contributed by atoms with Gasteiger partial charge in [-0.25, -0.2) is 4.57 Å². The Balaban J connectivity index is 1.98. The van der Waals surface area contributed by atoms with E-state index in [-0.39, 0.29) is 23.0 Å². The lowest BCUT2D eigenvalue weighted by Gasteiger charge is -2.20. The molecule has 1 aromatic carbocycles. The molecule has 1 unspecified atom stereocenters. The van der Waals surface area contributed by atoms with Gasteiger partial charge in [0.05, 0.1) is 11.6 Å². The highest BCUT2D eigenvalue weighted by Crippen LogP contribution is 2.39. The van der Waals surface area contributed by atoms with Crippen LogP contribution < -0.4 is 0 Å². The number of aliphatic hydroxyl groups excluding tert-OH is 2. The Morgan fingerprint density at radius 2 is 1.83 bits per heavy atom. The van der Waals surface area contributed by atoms with E-state index in [4.69, 9.17) is 9.79 Å². The summed E-state index contributed by atoms with van der Waals surface area (Å²) >= 11 is 0. The van der Waals surface area contributed by atoms with Gasteiger partial charge in [0, 0.05) is 12.2 Å². The first-order chi connectivity index (χ1) is 11.2. The minimum atomic E-state index is -4.65. The van der Waals surface area contributed by atoms with Gasteiger partial charge in [-0.1, -0.05) is 18.6 Å². The van der Waals surface area contributed by atoms with E-state index in [0.717, 1.165) is 30.6 Å². The molecule has 0 heterocycles. The van der Waals surface area contributed by atoms with E-state index in [1.807, 2.05) is 6.07 Å². The number of hydrogen-bond acceptors (Lipinski definition) is 4. The van der Waals surface area contributed by atoms with Crippen molar-refractivity contribution in [2.75, 3.05) is 0 Å². The first-order valence-electron chi connectivity index (χ1n) is 7.49. The minimum Gasteiger partial charge on any atom is -0.511 e. The van der Waals surface area contributed by atoms with Crippen LogP contribution in [0.5, 0.6) is 5.75 Å². The minimum absolute atomic E-state index is 0.0295. The Morgan fingerprint density at radius 1 is 1.08 bits per heavy atom. The fourth-order valence-electron chi connectivity index (χ4n) is 2.63. The van der Waals surface area contributed by atoms with Crippen molar-refractivity contribution in [1.82, 2.24) is 0 Å². The molecule has 8 heteroatoms. The van der Waals surface area contributed by atoms with E-state index < -0.39 is 13.7 Å². The molecule has 5 N–H and O–H groups in total. The summed E-state index contributed by atoms with van der Waals surface area (Å²) < 4.78 is 14.4. The van der Waals surface area contributed by atoms with Crippen LogP contribution in [0, 0.1) is 5.92 Å². The summed E-state index contributed by atoms with van der Waals surface area (Å²) in [4.78, 5) is 18.0. The topological polar surface area (TPSA) is 131 Å². The van der Waals surface area contributed by atoms with Crippen LogP contribution in [0.1, 0.15) is 24.8 Å². The molecule has 0 aromatic heterocycles. The van der Waals surface area contributed by atoms with Crippen LogP contribution in [0.2, 0.25) is 0 Å². The average molecular weight is 353 g/mol. The molecule has 1 aromatic rings. The Kier molecular flexibility index (Phi) is 5.83. The number of benzene rings is 1. The normalized spacial score (nSPS) is 19.9. The molecule has 130 valence electrons. The summed E-state index contributed by atoms with van der Waals surface area (Å²) in [6.07, 6.45) is 4.91. The van der Waals surface area contributed by atoms with Crippen molar-refractivity contribution in [3.05, 3.63) is 53.5 Å². The van der Waals surface area contributed by atoms with Gasteiger partial charge in [-0.15, -0.1) is 0 Å². The molecule has 0 amide bonds. The number of phenols is 1. The van der Waals surface area contributed by atoms with Gasteiger partial charge >= 0.3 is 7.75 Å². The number of hydrogen-bond donors (Lipinski definition) is 5. The molecule has 0 aliphatic heterocycles. The number of aryl methyl sites for hydroxylation is 1. The predicted octanol–water partition coefficient (Wildman–Crippen LogP) is 3.15. The van der Waals surface area contributed by atoms with Gasteiger partial charge in [-0.2, -0.15) is 4.76 Å². The largest absolute Gasteiger partial charge is 0.511 e. The van der Waals surface area contributed by atoms with Gasteiger partial charge in [0.25, 0.3) is 0 Å². The Hall–Kier alpha value is -2.08. The maximum atomic E-state index is 11.1. The Morgan fingerprint density at radius 3 is 2.50 bits per heavy atom. The number of aromatic hydroxyl groups is 1. The predicted molar refractivity (Wildman–Crippen MR) is 90.1 cm³/mol. The second-order valence-corrected chi connectivity index (χ2v) is 6.87. The molecule has 0 spiro atoms. The van der Waals surface area contributed by atoms with E-state index in [1.165, 1.54) is 0 Å². The van der Waals surface area contributed by atoms with Gasteiger partial charge in [0.15, 0.2) is 0 Å². The number of rotatable bonds is 6. The first kappa shape index (κ1) is 18.3. The van der Waals surface area contributed by atoms with E-state index >= 15 is 0 Å². The third kappa shape index (κ3) is 5.53. The van der Waals surface area contributed by atoms with Crippen LogP contribution in [0.4, 0.5) is 0 Å². The summed E-state index contributed by atoms with van der Waals surface area (Å²) in [6.45, 7) is 0. The summed E-state index contributed by atoms with van der Waals surface area (Å²) in [5.74, 6) is -0.912. The monoisotopic (exact) mass is 353 g/mol. The van der Waals surface area contributed by atoms with Gasteiger partial charge < -0.3 is 25.1 Å². The third-order valence-corrected chi connectivity index (χ3v) is 4.16. The Bertz CT molecular complexity index is 734. The van der Waals surface area contributed by atoms with Crippen LogP contribution in [0.15, 0.2) is 52.7 Å². The number of unbranched alkanes of at least 4 members (excludes halogenated alkanes) is 1. The molecule has 0 radical (unpaired) electrons. The number of phenolic OH excluding ortho intramolecular Hbond substituents is 1. The van der Waals surface area contributed by atoms with Crippen LogP contribution >= 0.6 is 7.75 Å². The highest BCUT2D eigenvalue weighted by atomic mass is 31.2. The van der Waals surface area contributed by atoms with Crippen LogP contribution in [0.3, 0.4) is 0 Å². The first-order valence-corrected chi connectivity index (χ1v) is 9.06. The van der Waals surface area contributed by atoms with Gasteiger partial charge in [0.1, 0.15) is 17.3 Å². The standard InChI is InChI=1S/C16H20NO6P/c18-12-6-3-5-11(8-12)4-1-2-7-14-15(17-24(21,22)23)9-13(19)10-16(14)20/h3,5-6,8-10,14,18-20H,1-2,4,7H2,(H2,21,22,23). The molecule has 0 bridgehead atoms. The fourth-order valence-corrected chi connectivity index (χ4v) is 3.13. The van der Waals surface area contributed by atoms with Crippen molar-refractivity contribution in [3.8, 4) is 5.75 Å². The van der Waals surface area contributed by atoms with Gasteiger partial charge in [0.2, 0.25) is 0 Å². The van der Waals surface area contributed by atoms with Crippen molar-refractivity contribution in [1.29, 1.82) is 0 Å². The van der Waals surface area contributed by atoms with E-state index in [9.17, 15) is 19.9 Å². The molecule has 7 nitrogen and oxygen atoms in total. The van der Waals surface area contributed by atoms with Crippen molar-refractivity contribution in [3.63, 3.8) is 0 Å². The van der Waals surface area contributed by atoms with E-state index in [2.05, 4.69) is 4.76 Å². The van der Waals surface area contributed by atoms with Crippen LogP contribution in [-0.4, -0.2) is 30.8 Å². The van der Waals surface area contributed by atoms with Crippen molar-refractivity contribution >= 4 is 13.5 Å². The number of nitrogens with zero attached hydrogens (tertiary/aromatic N) is 1. The lowest BCUT2D eigenvalue weighted by atomic mass is 9.90. The highest BCUT2D eigenvalue weighted by Gasteiger charge is 2.26. The van der Waals surface area contributed by atoms with Crippen molar-refractivity contribution in [2.45, 2.75) is 25.7 Å². The molecule has 0 saturated carbocycles. The third-order valence-electron chi connectivity index (χ3n) is 3.67. The smallest absolute Gasteiger partial charge is 0.448 e. The number of allylic oxidation sites excluding steroid dienone is 3. The number of aliphatic hydroxyl groups is 2. The quantitative estimate of drug-likeness (QED) is 0.394. The molecule has 1 aliphatic rings. The average Bonchev–Trinajstić information content (AvgIpc) is 2.43. The molecular weight excluding hydrogens is 333 g/mol. The maximum Gasteiger partial charge on any atom is 0.448 e. The maximum absolute atomic E-state index is 11.1. The summed E-state index contributed by atoms with van der Waals surface area (Å²) in [5.41, 5.74) is 0.957. The molecular formula is C16H20NO6P. The van der Waals surface area contributed by atoms with Crippen LogP contribution in [-0.2, 0) is 11.0 Å². The second-order valence-electron chi connectivity index (χ2n) is 5.64.